The van der Waals surface area contributed by atoms with Crippen LogP contribution in [0.5, 0.6) is 0 Å². The van der Waals surface area contributed by atoms with E-state index in [2.05, 4.69) is 7.85 Å². The van der Waals surface area contributed by atoms with Crippen molar-refractivity contribution in [1.82, 2.24) is 0 Å². The molecule has 0 aliphatic carbocycles. The first-order valence-electron chi connectivity index (χ1n) is 0.577. The molecule has 0 amide bonds. The van der Waals surface area contributed by atoms with Crippen molar-refractivity contribution in [3.8, 4) is 0 Å². The summed E-state index contributed by atoms with van der Waals surface area (Å²) < 4.78 is 0. The van der Waals surface area contributed by atoms with Crippen LogP contribution in [0, 0.1) is 0 Å². The zero-order valence-electron chi connectivity index (χ0n) is 2.08. The molecule has 2 radical (unpaired) electrons. The summed E-state index contributed by atoms with van der Waals surface area (Å²) in [6, 6.07) is 0. The van der Waals surface area contributed by atoms with E-state index in [1.54, 1.807) is 0 Å². The largest absolute Gasteiger partial charge is 0.187 e. The van der Waals surface area contributed by atoms with Crippen LogP contribution in [0.1, 0.15) is 0 Å². The molecule has 0 aliphatic heterocycles. The molecule has 0 bridgehead atoms. The first kappa shape index (κ1) is 18.5. The van der Waals surface area contributed by atoms with E-state index in [0.29, 0.717) is 0 Å². The fourth-order valence-electron chi connectivity index (χ4n) is 0. The van der Waals surface area contributed by atoms with Crippen molar-refractivity contribution >= 4 is 25.2 Å². The maximum absolute atomic E-state index is 4.50. The molecule has 0 rings (SSSR count). The zero-order valence-corrected chi connectivity index (χ0v) is 3.64. The molecule has 0 heterocycles. The first-order chi connectivity index (χ1) is 1.00. The molecule has 4 heavy (non-hydrogen) atoms. The molecule has 0 saturated heterocycles. The van der Waals surface area contributed by atoms with Gasteiger partial charge in [0, 0.05) is 21.7 Å². The van der Waals surface area contributed by atoms with Crippen molar-refractivity contribution in [3.05, 3.63) is 0 Å². The van der Waals surface area contributed by atoms with E-state index in [-0.39, 0.29) is 39.1 Å². The molecule has 0 spiro atoms. The third-order valence-electron chi connectivity index (χ3n) is 0. The van der Waals surface area contributed by atoms with Crippen LogP contribution in [-0.2, 0) is 21.7 Å². The predicted octanol–water partition coefficient (Wildman–Crippen LogP) is -0.983. The van der Waals surface area contributed by atoms with E-state index < -0.39 is 0 Å². The average molecular weight is 104 g/mol. The SMILES string of the molecule is [AlH3].[B]C.[Ti]. The van der Waals surface area contributed by atoms with E-state index in [9.17, 15) is 0 Å². The average Bonchev–Trinajstić information content (AvgIpc) is 1.00. The van der Waals surface area contributed by atoms with Gasteiger partial charge in [0.2, 0.25) is 0 Å². The summed E-state index contributed by atoms with van der Waals surface area (Å²) in [4.78, 5) is 0. The van der Waals surface area contributed by atoms with Crippen LogP contribution in [0.2, 0.25) is 6.82 Å². The molecular formula is CH6AlBTi. The Balaban J connectivity index is -0.00000000500. The Morgan fingerprint density at radius 1 is 1.25 bits per heavy atom. The van der Waals surface area contributed by atoms with Gasteiger partial charge in [0.25, 0.3) is 0 Å². The van der Waals surface area contributed by atoms with Gasteiger partial charge >= 0.3 is 0 Å². The fraction of sp³-hybridized carbons (Fsp3) is 1.00. The van der Waals surface area contributed by atoms with Gasteiger partial charge in [-0.25, -0.2) is 0 Å². The van der Waals surface area contributed by atoms with Crippen LogP contribution in [0.4, 0.5) is 0 Å². The van der Waals surface area contributed by atoms with Gasteiger partial charge in [-0.1, -0.05) is 6.82 Å². The van der Waals surface area contributed by atoms with Crippen LogP contribution in [0.25, 0.3) is 0 Å². The Hall–Kier alpha value is 1.31. The second-order valence-corrected chi connectivity index (χ2v) is 0. The van der Waals surface area contributed by atoms with E-state index in [0.717, 1.165) is 0 Å². The van der Waals surface area contributed by atoms with Crippen LogP contribution < -0.4 is 0 Å². The quantitative estimate of drug-likeness (QED) is 0.346. The van der Waals surface area contributed by atoms with E-state index >= 15 is 0 Å². The molecule has 20 valence electrons. The van der Waals surface area contributed by atoms with Crippen LogP contribution in [0.15, 0.2) is 0 Å². The van der Waals surface area contributed by atoms with Gasteiger partial charge in [-0.3, -0.25) is 0 Å². The number of hydrogen-bond donors (Lipinski definition) is 0. The summed E-state index contributed by atoms with van der Waals surface area (Å²) in [5.74, 6) is 0. The Kier molecular flexibility index (Phi) is 127. The molecule has 0 saturated carbocycles. The van der Waals surface area contributed by atoms with Crippen molar-refractivity contribution in [3.63, 3.8) is 0 Å². The van der Waals surface area contributed by atoms with Crippen LogP contribution in [0.3, 0.4) is 0 Å². The van der Waals surface area contributed by atoms with Gasteiger partial charge in [0.05, 0.1) is 7.85 Å². The van der Waals surface area contributed by atoms with Crippen molar-refractivity contribution in [2.45, 2.75) is 6.82 Å². The standard InChI is InChI=1S/CH3B.Al.Ti.3H/c1-2;;;;;/h1H3;;;;;. The van der Waals surface area contributed by atoms with E-state index in [1.165, 1.54) is 6.82 Å². The predicted molar refractivity (Wildman–Crippen MR) is 21.6 cm³/mol. The molecule has 0 aromatic heterocycles. The molecule has 3 heteroatoms. The number of rotatable bonds is 0. The molecule has 0 aromatic carbocycles. The van der Waals surface area contributed by atoms with Gasteiger partial charge in [-0.05, 0) is 0 Å². The van der Waals surface area contributed by atoms with Crippen molar-refractivity contribution in [2.75, 3.05) is 0 Å². The van der Waals surface area contributed by atoms with E-state index in [4.69, 9.17) is 0 Å². The third-order valence-corrected chi connectivity index (χ3v) is 0. The smallest absolute Gasteiger partial charge is 0.0999 e. The Bertz CT molecular complexity index is 8.00. The summed E-state index contributed by atoms with van der Waals surface area (Å²) in [7, 11) is 4.50. The van der Waals surface area contributed by atoms with Gasteiger partial charge in [-0.2, -0.15) is 0 Å². The normalized spacial score (nSPS) is 1.25. The van der Waals surface area contributed by atoms with Gasteiger partial charge in [-0.15, -0.1) is 0 Å². The Morgan fingerprint density at radius 3 is 1.25 bits per heavy atom. The maximum atomic E-state index is 4.50. The molecule has 0 aliphatic rings. The molecule has 0 unspecified atom stereocenters. The topological polar surface area (TPSA) is 0 Å². The molecule has 0 aromatic rings. The number of hydrogen-bond acceptors (Lipinski definition) is 0. The zero-order chi connectivity index (χ0) is 2.00. The summed E-state index contributed by atoms with van der Waals surface area (Å²) >= 11 is 0. The van der Waals surface area contributed by atoms with E-state index in [1.807, 2.05) is 0 Å². The Morgan fingerprint density at radius 2 is 1.25 bits per heavy atom. The fourth-order valence-corrected chi connectivity index (χ4v) is 0. The first-order valence-corrected chi connectivity index (χ1v) is 0.577. The summed E-state index contributed by atoms with van der Waals surface area (Å²) in [6.07, 6.45) is 0. The minimum Gasteiger partial charge on any atom is -0.0999 e. The monoisotopic (exact) mass is 104 g/mol. The maximum Gasteiger partial charge on any atom is 0.187 e. The second-order valence-electron chi connectivity index (χ2n) is 0. The van der Waals surface area contributed by atoms with Gasteiger partial charge < -0.3 is 0 Å². The molecule has 0 nitrogen and oxygen atoms in total. The molecule has 0 atom stereocenters. The Labute approximate surface area is 53.8 Å². The van der Waals surface area contributed by atoms with Crippen molar-refractivity contribution in [1.29, 1.82) is 0 Å². The van der Waals surface area contributed by atoms with Crippen LogP contribution >= 0.6 is 0 Å². The van der Waals surface area contributed by atoms with Crippen LogP contribution in [-0.4, -0.2) is 25.2 Å². The van der Waals surface area contributed by atoms with Crippen molar-refractivity contribution < 1.29 is 21.7 Å². The minimum absolute atomic E-state index is 0. The summed E-state index contributed by atoms with van der Waals surface area (Å²) in [6.45, 7) is 1.50. The minimum atomic E-state index is 0. The summed E-state index contributed by atoms with van der Waals surface area (Å²) in [5.41, 5.74) is 0. The molecule has 0 fully saturated rings. The molecule has 0 N–H and O–H groups in total. The molecular weight excluding hydrogens is 97.7 g/mol. The summed E-state index contributed by atoms with van der Waals surface area (Å²) in [5, 5.41) is 0. The van der Waals surface area contributed by atoms with Gasteiger partial charge in [0.15, 0.2) is 17.4 Å². The van der Waals surface area contributed by atoms with Gasteiger partial charge in [0.1, 0.15) is 0 Å². The van der Waals surface area contributed by atoms with Crippen molar-refractivity contribution in [2.24, 2.45) is 0 Å². The second kappa shape index (κ2) is 27.5. The third kappa shape index (κ3) is 10.3.